The van der Waals surface area contributed by atoms with E-state index in [1.165, 1.54) is 11.1 Å². The van der Waals surface area contributed by atoms with Crippen molar-refractivity contribution in [1.82, 2.24) is 0 Å². The molecule has 30 heavy (non-hydrogen) atoms. The molecule has 0 aromatic carbocycles. The van der Waals surface area contributed by atoms with Crippen LogP contribution in [-0.4, -0.2) is 24.1 Å². The highest BCUT2D eigenvalue weighted by Crippen LogP contribution is 2.43. The van der Waals surface area contributed by atoms with Crippen LogP contribution in [0.5, 0.6) is 0 Å². The van der Waals surface area contributed by atoms with Crippen molar-refractivity contribution in [3.63, 3.8) is 0 Å². The molecule has 0 saturated heterocycles. The number of ether oxygens (including phenoxy) is 2. The van der Waals surface area contributed by atoms with Gasteiger partial charge in [0.25, 0.3) is 0 Å². The first-order valence-electron chi connectivity index (χ1n) is 11.4. The molecule has 1 aliphatic rings. The Balaban J connectivity index is 3.01. The molecule has 1 rings (SSSR count). The van der Waals surface area contributed by atoms with Crippen LogP contribution in [0.3, 0.4) is 0 Å². The highest BCUT2D eigenvalue weighted by atomic mass is 16.6. The topological polar surface area (TPSA) is 52.6 Å². The van der Waals surface area contributed by atoms with Crippen LogP contribution in [0.25, 0.3) is 0 Å². The van der Waals surface area contributed by atoms with E-state index in [4.69, 9.17) is 9.47 Å². The van der Waals surface area contributed by atoms with Crippen LogP contribution < -0.4 is 0 Å². The summed E-state index contributed by atoms with van der Waals surface area (Å²) in [6.45, 7) is 20.7. The SMILES string of the molecule is C/C(=C\CCC(C)(C)C1=CCC(C(=O)OC(C)C)C(C(=O)OC(C)C)C1)C(C)(C)C. The fraction of sp³-hybridized carbons (Fsp3) is 0.769. The number of allylic oxidation sites excluding steroid dienone is 4. The third-order valence-corrected chi connectivity index (χ3v) is 6.13. The van der Waals surface area contributed by atoms with Crippen LogP contribution >= 0.6 is 0 Å². The lowest BCUT2D eigenvalue weighted by Crippen LogP contribution is -2.38. The van der Waals surface area contributed by atoms with Gasteiger partial charge in [-0.2, -0.15) is 0 Å². The minimum atomic E-state index is -0.482. The second kappa shape index (κ2) is 10.6. The maximum absolute atomic E-state index is 12.8. The normalized spacial score (nSPS) is 20.9. The first-order valence-corrected chi connectivity index (χ1v) is 11.4. The minimum Gasteiger partial charge on any atom is -0.463 e. The summed E-state index contributed by atoms with van der Waals surface area (Å²) in [5.41, 5.74) is 2.77. The summed E-state index contributed by atoms with van der Waals surface area (Å²) in [5.74, 6) is -1.54. The molecule has 2 unspecified atom stereocenters. The molecular weight excluding hydrogens is 376 g/mol. The maximum Gasteiger partial charge on any atom is 0.310 e. The van der Waals surface area contributed by atoms with Gasteiger partial charge in [-0.3, -0.25) is 9.59 Å². The molecule has 4 heteroatoms. The first kappa shape index (κ1) is 26.5. The summed E-state index contributed by atoms with van der Waals surface area (Å²) in [6, 6.07) is 0. The van der Waals surface area contributed by atoms with Gasteiger partial charge in [-0.1, -0.05) is 57.9 Å². The van der Waals surface area contributed by atoms with Crippen molar-refractivity contribution in [2.45, 2.75) is 107 Å². The lowest BCUT2D eigenvalue weighted by molar-refractivity contribution is -0.165. The lowest BCUT2D eigenvalue weighted by Gasteiger charge is -2.36. The minimum absolute atomic E-state index is 0.0437. The molecule has 0 radical (unpaired) electrons. The zero-order valence-electron chi connectivity index (χ0n) is 20.9. The van der Waals surface area contributed by atoms with Crippen molar-refractivity contribution in [1.29, 1.82) is 0 Å². The van der Waals surface area contributed by atoms with E-state index in [2.05, 4.69) is 53.7 Å². The number of carbonyl (C=O) groups is 2. The van der Waals surface area contributed by atoms with Gasteiger partial charge in [0.1, 0.15) is 0 Å². The summed E-state index contributed by atoms with van der Waals surface area (Å²) < 4.78 is 10.9. The molecule has 0 N–H and O–H groups in total. The predicted octanol–water partition coefficient (Wildman–Crippen LogP) is 6.64. The van der Waals surface area contributed by atoms with Crippen molar-refractivity contribution in [2.24, 2.45) is 22.7 Å². The zero-order chi connectivity index (χ0) is 23.3. The molecule has 0 saturated carbocycles. The monoisotopic (exact) mass is 420 g/mol. The van der Waals surface area contributed by atoms with E-state index < -0.39 is 11.8 Å². The molecule has 0 aromatic heterocycles. The Labute approximate surface area is 184 Å². The zero-order valence-corrected chi connectivity index (χ0v) is 20.9. The molecule has 1 aliphatic carbocycles. The van der Waals surface area contributed by atoms with Crippen molar-refractivity contribution in [3.05, 3.63) is 23.3 Å². The van der Waals surface area contributed by atoms with Gasteiger partial charge in [0.05, 0.1) is 24.0 Å². The number of carbonyl (C=O) groups excluding carboxylic acids is 2. The number of esters is 2. The average Bonchev–Trinajstić information content (AvgIpc) is 2.58. The van der Waals surface area contributed by atoms with Crippen LogP contribution in [0.2, 0.25) is 0 Å². The van der Waals surface area contributed by atoms with Gasteiger partial charge in [0.2, 0.25) is 0 Å². The molecule has 4 nitrogen and oxygen atoms in total. The van der Waals surface area contributed by atoms with Gasteiger partial charge in [-0.25, -0.2) is 0 Å². The van der Waals surface area contributed by atoms with Crippen molar-refractivity contribution < 1.29 is 19.1 Å². The van der Waals surface area contributed by atoms with Crippen LogP contribution in [0.1, 0.15) is 94.9 Å². The summed E-state index contributed by atoms with van der Waals surface area (Å²) in [4.78, 5) is 25.5. The van der Waals surface area contributed by atoms with Crippen molar-refractivity contribution in [2.75, 3.05) is 0 Å². The summed E-state index contributed by atoms with van der Waals surface area (Å²) in [5, 5.41) is 0. The molecule has 172 valence electrons. The van der Waals surface area contributed by atoms with Gasteiger partial charge in [-0.15, -0.1) is 0 Å². The Hall–Kier alpha value is -1.58. The Bertz CT molecular complexity index is 659. The van der Waals surface area contributed by atoms with E-state index >= 15 is 0 Å². The van der Waals surface area contributed by atoms with E-state index in [-0.39, 0.29) is 35.0 Å². The predicted molar refractivity (Wildman–Crippen MR) is 123 cm³/mol. The van der Waals surface area contributed by atoms with Crippen LogP contribution in [0.4, 0.5) is 0 Å². The van der Waals surface area contributed by atoms with Gasteiger partial charge < -0.3 is 9.47 Å². The Kier molecular flexibility index (Phi) is 9.38. The molecule has 0 aliphatic heterocycles. The molecule has 0 amide bonds. The molecule has 0 heterocycles. The Morgan fingerprint density at radius 1 is 1.00 bits per heavy atom. The molecule has 0 spiro atoms. The molecule has 0 aromatic rings. The van der Waals surface area contributed by atoms with Gasteiger partial charge in [0, 0.05) is 0 Å². The lowest BCUT2D eigenvalue weighted by atomic mass is 9.69. The Morgan fingerprint density at radius 3 is 1.97 bits per heavy atom. The largest absolute Gasteiger partial charge is 0.463 e. The van der Waals surface area contributed by atoms with E-state index in [1.807, 2.05) is 27.7 Å². The third kappa shape index (κ3) is 7.92. The highest BCUT2D eigenvalue weighted by molar-refractivity contribution is 5.83. The number of rotatable bonds is 8. The van der Waals surface area contributed by atoms with Crippen molar-refractivity contribution in [3.8, 4) is 0 Å². The highest BCUT2D eigenvalue weighted by Gasteiger charge is 2.41. The second-order valence-electron chi connectivity index (χ2n) is 10.9. The van der Waals surface area contributed by atoms with E-state index in [1.54, 1.807) is 0 Å². The number of hydrogen-bond acceptors (Lipinski definition) is 4. The second-order valence-corrected chi connectivity index (χ2v) is 10.9. The van der Waals surface area contributed by atoms with E-state index in [9.17, 15) is 9.59 Å². The van der Waals surface area contributed by atoms with Crippen LogP contribution in [-0.2, 0) is 19.1 Å². The van der Waals surface area contributed by atoms with Crippen molar-refractivity contribution >= 4 is 11.9 Å². The van der Waals surface area contributed by atoms with E-state index in [0.717, 1.165) is 12.8 Å². The first-order chi connectivity index (χ1) is 13.6. The quantitative estimate of drug-likeness (QED) is 0.326. The third-order valence-electron chi connectivity index (χ3n) is 6.13. The van der Waals surface area contributed by atoms with E-state index in [0.29, 0.717) is 12.8 Å². The maximum atomic E-state index is 12.8. The average molecular weight is 421 g/mol. The molecule has 2 atom stereocenters. The molecule has 0 bridgehead atoms. The van der Waals surface area contributed by atoms with Gasteiger partial charge >= 0.3 is 11.9 Å². The van der Waals surface area contributed by atoms with Gasteiger partial charge in [-0.05, 0) is 71.1 Å². The van der Waals surface area contributed by atoms with Crippen LogP contribution in [0.15, 0.2) is 23.3 Å². The summed E-state index contributed by atoms with van der Waals surface area (Å²) >= 11 is 0. The smallest absolute Gasteiger partial charge is 0.310 e. The Morgan fingerprint density at radius 2 is 1.50 bits per heavy atom. The fourth-order valence-electron chi connectivity index (χ4n) is 3.71. The summed E-state index contributed by atoms with van der Waals surface area (Å²) in [7, 11) is 0. The molecule has 0 fully saturated rings. The number of hydrogen-bond donors (Lipinski definition) is 0. The summed E-state index contributed by atoms with van der Waals surface area (Å²) in [6.07, 6.45) is 7.17. The van der Waals surface area contributed by atoms with Gasteiger partial charge in [0.15, 0.2) is 0 Å². The standard InChI is InChI=1S/C26H44O4/c1-17(2)29-23(27)21-14-13-20(16-22(21)24(28)30-18(3)4)26(9,10)15-11-12-19(5)25(6,7)8/h12-13,17-18,21-22H,11,14-16H2,1-10H3/b19-12+. The fourth-order valence-corrected chi connectivity index (χ4v) is 3.71. The molecular formula is C26H44O4. The van der Waals surface area contributed by atoms with Crippen LogP contribution in [0, 0.1) is 22.7 Å².